The minimum atomic E-state index is -0.616. The topological polar surface area (TPSA) is 78.3 Å². The quantitative estimate of drug-likeness (QED) is 0.480. The zero-order valence-corrected chi connectivity index (χ0v) is 19.5. The van der Waals surface area contributed by atoms with Crippen molar-refractivity contribution in [2.75, 3.05) is 0 Å². The summed E-state index contributed by atoms with van der Waals surface area (Å²) in [5, 5.41) is 0. The van der Waals surface area contributed by atoms with Crippen LogP contribution in [0.1, 0.15) is 72.0 Å². The molecule has 1 aromatic heterocycles. The zero-order valence-electron chi connectivity index (χ0n) is 19.5. The van der Waals surface area contributed by atoms with Crippen molar-refractivity contribution >= 4 is 11.8 Å². The Morgan fingerprint density at radius 1 is 1.00 bits per heavy atom. The fourth-order valence-corrected chi connectivity index (χ4v) is 9.84. The first-order chi connectivity index (χ1) is 15.0. The van der Waals surface area contributed by atoms with Crippen LogP contribution in [0.25, 0.3) is 0 Å². The van der Waals surface area contributed by atoms with Gasteiger partial charge in [-0.2, -0.15) is 0 Å². The molecule has 0 unspecified atom stereocenters. The van der Waals surface area contributed by atoms with E-state index >= 15 is 0 Å². The molecule has 6 heteroatoms. The Balaban J connectivity index is 1.39. The van der Waals surface area contributed by atoms with Gasteiger partial charge in [-0.25, -0.2) is 4.79 Å². The molecular weight excluding hydrogens is 408 g/mol. The smallest absolute Gasteiger partial charge is 0.339 e. The van der Waals surface area contributed by atoms with Gasteiger partial charge in [0.15, 0.2) is 6.10 Å². The number of hydrogen-bond donors (Lipinski definition) is 0. The van der Waals surface area contributed by atoms with E-state index in [9.17, 15) is 9.59 Å². The molecule has 172 valence electrons. The third-order valence-corrected chi connectivity index (χ3v) is 11.4. The molecule has 0 radical (unpaired) electrons. The summed E-state index contributed by atoms with van der Waals surface area (Å²) in [6.45, 7) is 11.2. The lowest BCUT2D eigenvalue weighted by atomic mass is 9.33. The molecular formula is C26H32O6. The van der Waals surface area contributed by atoms with E-state index in [0.29, 0.717) is 18.1 Å². The molecule has 5 heterocycles. The molecule has 4 saturated heterocycles. The summed E-state index contributed by atoms with van der Waals surface area (Å²) >= 11 is 0. The van der Waals surface area contributed by atoms with Crippen LogP contribution in [0.15, 0.2) is 23.0 Å². The molecule has 4 aliphatic heterocycles. The predicted octanol–water partition coefficient (Wildman–Crippen LogP) is 4.23. The van der Waals surface area contributed by atoms with Crippen LogP contribution < -0.4 is 0 Å². The molecule has 3 aliphatic carbocycles. The monoisotopic (exact) mass is 440 g/mol. The fourth-order valence-electron chi connectivity index (χ4n) is 9.84. The molecule has 7 fully saturated rings. The van der Waals surface area contributed by atoms with Gasteiger partial charge in [0.2, 0.25) is 0 Å². The van der Waals surface area contributed by atoms with Crippen molar-refractivity contribution in [3.8, 4) is 0 Å². The molecule has 8 rings (SSSR count). The molecule has 4 bridgehead atoms. The molecule has 0 amide bonds. The molecule has 3 saturated carbocycles. The summed E-state index contributed by atoms with van der Waals surface area (Å²) in [7, 11) is 0. The van der Waals surface area contributed by atoms with Crippen molar-refractivity contribution in [2.24, 2.45) is 33.5 Å². The van der Waals surface area contributed by atoms with Gasteiger partial charge in [0.1, 0.15) is 17.5 Å². The van der Waals surface area contributed by atoms with Crippen molar-refractivity contribution in [3.63, 3.8) is 0 Å². The van der Waals surface area contributed by atoms with Gasteiger partial charge in [-0.15, -0.1) is 0 Å². The van der Waals surface area contributed by atoms with Gasteiger partial charge in [-0.1, -0.05) is 34.6 Å². The summed E-state index contributed by atoms with van der Waals surface area (Å²) in [6.07, 6.45) is 5.60. The molecule has 7 aliphatic rings. The fraction of sp³-hybridized carbons (Fsp3) is 0.769. The highest BCUT2D eigenvalue weighted by Crippen LogP contribution is 2.82. The van der Waals surface area contributed by atoms with E-state index in [1.54, 1.807) is 12.5 Å². The van der Waals surface area contributed by atoms with Crippen LogP contribution >= 0.6 is 0 Å². The van der Waals surface area contributed by atoms with E-state index in [-0.39, 0.29) is 45.8 Å². The van der Waals surface area contributed by atoms with Gasteiger partial charge in [0.05, 0.1) is 24.7 Å². The summed E-state index contributed by atoms with van der Waals surface area (Å²) in [5.74, 6) is 0.681. The van der Waals surface area contributed by atoms with Crippen LogP contribution in [0, 0.1) is 33.5 Å². The lowest BCUT2D eigenvalue weighted by Gasteiger charge is -2.75. The average molecular weight is 441 g/mol. The van der Waals surface area contributed by atoms with E-state index in [0.717, 1.165) is 24.8 Å². The number of carbonyl (C=O) groups is 2. The van der Waals surface area contributed by atoms with Crippen molar-refractivity contribution in [3.05, 3.63) is 24.2 Å². The zero-order chi connectivity index (χ0) is 22.5. The highest BCUT2D eigenvalue weighted by molar-refractivity contribution is 5.86. The summed E-state index contributed by atoms with van der Waals surface area (Å²) in [4.78, 5) is 26.1. The highest BCUT2D eigenvalue weighted by atomic mass is 16.7. The van der Waals surface area contributed by atoms with Crippen molar-refractivity contribution in [1.82, 2.24) is 0 Å². The number of esters is 1. The Morgan fingerprint density at radius 3 is 2.50 bits per heavy atom. The SMILES string of the molecule is CC1(C)C(=O)C[C@@H]2O[C@@H]3C[C@@H]1[C@]2(C)[C@H]1CC[C@@]2(C)[C@H](c4ccoc4)OC(=O)[C@H]4O[C@]42[C@@]13C. The van der Waals surface area contributed by atoms with Crippen LogP contribution in [-0.2, 0) is 23.8 Å². The first-order valence-electron chi connectivity index (χ1n) is 12.1. The Bertz CT molecular complexity index is 1040. The molecule has 1 spiro atoms. The second-order valence-corrected chi connectivity index (χ2v) is 12.5. The second kappa shape index (κ2) is 5.35. The summed E-state index contributed by atoms with van der Waals surface area (Å²) in [5.41, 5.74) is -0.854. The molecule has 6 nitrogen and oxygen atoms in total. The third kappa shape index (κ3) is 1.74. The number of ether oxygens (including phenoxy) is 3. The van der Waals surface area contributed by atoms with Crippen LogP contribution in [0.5, 0.6) is 0 Å². The van der Waals surface area contributed by atoms with Crippen LogP contribution in [0.2, 0.25) is 0 Å². The third-order valence-electron chi connectivity index (χ3n) is 11.4. The van der Waals surface area contributed by atoms with Crippen molar-refractivity contribution < 1.29 is 28.2 Å². The standard InChI is InChI=1S/C26H32O6/c1-22(2)15-10-18-25(5)14(24(15,4)17(30-18)11-16(22)27)6-8-23(3)19(13-7-9-29-12-13)31-21(28)20-26(23,25)32-20/h7,9,12,14-15,17-20H,6,8,10-11H2,1-5H3/t14-,15+,17+,18-,19+,20-,23+,24+,25+,26-/m1/s1. The number of cyclic esters (lactones) is 1. The minimum Gasteiger partial charge on any atom is -0.472 e. The number of epoxide rings is 1. The average Bonchev–Trinajstić information content (AvgIpc) is 3.30. The summed E-state index contributed by atoms with van der Waals surface area (Å²) < 4.78 is 24.7. The first-order valence-corrected chi connectivity index (χ1v) is 12.1. The van der Waals surface area contributed by atoms with E-state index in [4.69, 9.17) is 18.6 Å². The minimum absolute atomic E-state index is 0.0303. The van der Waals surface area contributed by atoms with Crippen molar-refractivity contribution in [1.29, 1.82) is 0 Å². The van der Waals surface area contributed by atoms with E-state index < -0.39 is 17.8 Å². The first kappa shape index (κ1) is 19.8. The van der Waals surface area contributed by atoms with Gasteiger partial charge in [-0.3, -0.25) is 4.79 Å². The number of hydrogen-bond acceptors (Lipinski definition) is 6. The Kier molecular flexibility index (Phi) is 3.31. The lowest BCUT2D eigenvalue weighted by molar-refractivity contribution is -0.349. The Labute approximate surface area is 188 Å². The van der Waals surface area contributed by atoms with Gasteiger partial charge < -0.3 is 18.6 Å². The number of Topliss-reactive ketones (excluding diaryl/α,β-unsaturated/α-hetero) is 1. The number of carbonyl (C=O) groups excluding carboxylic acids is 2. The van der Waals surface area contributed by atoms with Gasteiger partial charge in [0.25, 0.3) is 0 Å². The van der Waals surface area contributed by atoms with E-state index in [2.05, 4.69) is 34.6 Å². The van der Waals surface area contributed by atoms with Crippen LogP contribution in [-0.4, -0.2) is 35.7 Å². The van der Waals surface area contributed by atoms with E-state index in [1.165, 1.54) is 0 Å². The van der Waals surface area contributed by atoms with Gasteiger partial charge >= 0.3 is 5.97 Å². The largest absolute Gasteiger partial charge is 0.472 e. The van der Waals surface area contributed by atoms with Gasteiger partial charge in [0, 0.05) is 33.6 Å². The van der Waals surface area contributed by atoms with Gasteiger partial charge in [-0.05, 0) is 37.2 Å². The molecule has 0 N–H and O–H groups in total. The maximum atomic E-state index is 13.1. The second-order valence-electron chi connectivity index (χ2n) is 12.5. The predicted molar refractivity (Wildman–Crippen MR) is 112 cm³/mol. The number of rotatable bonds is 1. The normalized spacial score (nSPS) is 56.7. The molecule has 32 heavy (non-hydrogen) atoms. The molecule has 0 aromatic carbocycles. The Hall–Kier alpha value is -1.66. The highest BCUT2D eigenvalue weighted by Gasteiger charge is 2.90. The number of furan rings is 1. The lowest BCUT2D eigenvalue weighted by Crippen LogP contribution is -2.79. The Morgan fingerprint density at radius 2 is 1.78 bits per heavy atom. The van der Waals surface area contributed by atoms with E-state index in [1.807, 2.05) is 6.07 Å². The number of ketones is 1. The van der Waals surface area contributed by atoms with Crippen LogP contribution in [0.4, 0.5) is 0 Å². The van der Waals surface area contributed by atoms with Crippen LogP contribution in [0.3, 0.4) is 0 Å². The maximum Gasteiger partial charge on any atom is 0.339 e. The van der Waals surface area contributed by atoms with Crippen molar-refractivity contribution in [2.45, 2.75) is 90.3 Å². The molecule has 1 aromatic rings. The summed E-state index contributed by atoms with van der Waals surface area (Å²) in [6, 6.07) is 1.90. The maximum absolute atomic E-state index is 13.1. The molecule has 10 atom stereocenters.